The van der Waals surface area contributed by atoms with Crippen LogP contribution in [-0.4, -0.2) is 48.0 Å². The highest BCUT2D eigenvalue weighted by molar-refractivity contribution is 6.30. The molecule has 3 aromatic carbocycles. The van der Waals surface area contributed by atoms with E-state index in [1.165, 1.54) is 12.1 Å². The normalized spacial score (nSPS) is 15.1. The van der Waals surface area contributed by atoms with E-state index in [9.17, 15) is 4.39 Å². The molecule has 4 aromatic rings. The van der Waals surface area contributed by atoms with Gasteiger partial charge in [-0.15, -0.1) is 0 Å². The molecule has 174 valence electrons. The number of anilines is 2. The Balaban J connectivity index is 1.42. The average Bonchev–Trinajstić information content (AvgIpc) is 2.83. The third-order valence-electron chi connectivity index (χ3n) is 6.29. The minimum Gasteiger partial charge on any atom is -0.355 e. The first-order chi connectivity index (χ1) is 16.5. The van der Waals surface area contributed by atoms with Gasteiger partial charge in [0.15, 0.2) is 0 Å². The Labute approximate surface area is 202 Å². The minimum atomic E-state index is -0.496. The van der Waals surface area contributed by atoms with Gasteiger partial charge in [0.25, 0.3) is 0 Å². The summed E-state index contributed by atoms with van der Waals surface area (Å²) in [5.41, 5.74) is 4.35. The van der Waals surface area contributed by atoms with E-state index in [4.69, 9.17) is 11.6 Å². The Morgan fingerprint density at radius 2 is 1.74 bits per heavy atom. The smallest absolute Gasteiger partial charge is 0.143 e. The van der Waals surface area contributed by atoms with Crippen LogP contribution in [0.5, 0.6) is 0 Å². The lowest BCUT2D eigenvalue weighted by molar-refractivity contribution is 0.148. The van der Waals surface area contributed by atoms with Crippen LogP contribution in [0.15, 0.2) is 66.9 Å². The Morgan fingerprint density at radius 1 is 0.912 bits per heavy atom. The molecule has 4 nitrogen and oxygen atoms in total. The van der Waals surface area contributed by atoms with E-state index in [1.54, 1.807) is 18.3 Å². The molecule has 0 atom stereocenters. The number of piperazine rings is 1. The number of halogens is 3. The quantitative estimate of drug-likeness (QED) is 0.363. The Morgan fingerprint density at radius 3 is 2.50 bits per heavy atom. The van der Waals surface area contributed by atoms with Gasteiger partial charge in [-0.3, -0.25) is 9.88 Å². The van der Waals surface area contributed by atoms with Gasteiger partial charge in [0.1, 0.15) is 11.6 Å². The van der Waals surface area contributed by atoms with Crippen LogP contribution < -0.4 is 5.32 Å². The molecule has 0 amide bonds. The molecule has 7 heteroatoms. The third-order valence-corrected chi connectivity index (χ3v) is 6.59. The summed E-state index contributed by atoms with van der Waals surface area (Å²) in [6.45, 7) is 4.80. The first kappa shape index (κ1) is 22.7. The number of hydrogen-bond acceptors (Lipinski definition) is 4. The van der Waals surface area contributed by atoms with Crippen LogP contribution >= 0.6 is 11.6 Å². The topological polar surface area (TPSA) is 31.4 Å². The molecule has 0 spiro atoms. The number of nitrogens with zero attached hydrogens (tertiary/aromatic N) is 3. The molecule has 5 rings (SSSR count). The van der Waals surface area contributed by atoms with Gasteiger partial charge in [-0.25, -0.2) is 8.78 Å². The first-order valence-electron chi connectivity index (χ1n) is 11.3. The molecule has 0 saturated carbocycles. The van der Waals surface area contributed by atoms with E-state index in [1.807, 2.05) is 36.4 Å². The lowest BCUT2D eigenvalue weighted by Crippen LogP contribution is -2.43. The second-order valence-electron chi connectivity index (χ2n) is 8.74. The third kappa shape index (κ3) is 4.89. The highest BCUT2D eigenvalue weighted by Gasteiger charge is 2.15. The molecule has 1 N–H and O–H groups in total. The van der Waals surface area contributed by atoms with Gasteiger partial charge in [-0.05, 0) is 60.6 Å². The number of benzene rings is 3. The van der Waals surface area contributed by atoms with E-state index >= 15 is 4.39 Å². The summed E-state index contributed by atoms with van der Waals surface area (Å²) in [5.74, 6) is -0.742. The fourth-order valence-electron chi connectivity index (χ4n) is 4.31. The molecular formula is C27H25ClF2N4. The zero-order chi connectivity index (χ0) is 23.7. The van der Waals surface area contributed by atoms with Crippen LogP contribution in [0.1, 0.15) is 5.56 Å². The predicted octanol–water partition coefficient (Wildman–Crippen LogP) is 6.32. The van der Waals surface area contributed by atoms with Crippen molar-refractivity contribution in [3.63, 3.8) is 0 Å². The number of fused-ring (bicyclic) bond motifs is 1. The minimum absolute atomic E-state index is 0.0685. The molecule has 1 aliphatic rings. The lowest BCUT2D eigenvalue weighted by atomic mass is 10.0. The predicted molar refractivity (Wildman–Crippen MR) is 135 cm³/mol. The molecule has 1 aromatic heterocycles. The number of hydrogen-bond donors (Lipinski definition) is 1. The van der Waals surface area contributed by atoms with Crippen LogP contribution in [0.3, 0.4) is 0 Å². The van der Waals surface area contributed by atoms with Crippen molar-refractivity contribution in [1.82, 2.24) is 14.8 Å². The van der Waals surface area contributed by atoms with Gasteiger partial charge in [-0.2, -0.15) is 0 Å². The Hall–Kier alpha value is -3.06. The number of rotatable bonds is 5. The van der Waals surface area contributed by atoms with Crippen molar-refractivity contribution < 1.29 is 8.78 Å². The molecule has 0 radical (unpaired) electrons. The van der Waals surface area contributed by atoms with Gasteiger partial charge >= 0.3 is 0 Å². The molecule has 0 bridgehead atoms. The number of likely N-dealkylation sites (N-methyl/N-ethyl adjacent to an activating group) is 1. The highest BCUT2D eigenvalue weighted by Crippen LogP contribution is 2.32. The molecular weight excluding hydrogens is 454 g/mol. The van der Waals surface area contributed by atoms with Crippen molar-refractivity contribution in [2.75, 3.05) is 38.5 Å². The van der Waals surface area contributed by atoms with Gasteiger partial charge in [0.05, 0.1) is 10.5 Å². The number of nitrogens with one attached hydrogen (secondary N) is 1. The summed E-state index contributed by atoms with van der Waals surface area (Å²) in [7, 11) is 2.12. The van der Waals surface area contributed by atoms with Crippen molar-refractivity contribution in [1.29, 1.82) is 0 Å². The maximum atomic E-state index is 15.2. The molecule has 0 aliphatic carbocycles. The van der Waals surface area contributed by atoms with Gasteiger partial charge in [-0.1, -0.05) is 29.8 Å². The first-order valence-corrected chi connectivity index (χ1v) is 11.6. The largest absolute Gasteiger partial charge is 0.355 e. The van der Waals surface area contributed by atoms with E-state index in [0.717, 1.165) is 60.4 Å². The number of pyridine rings is 1. The van der Waals surface area contributed by atoms with Crippen LogP contribution in [0.2, 0.25) is 5.02 Å². The summed E-state index contributed by atoms with van der Waals surface area (Å²) in [6.07, 6.45) is 1.68. The second kappa shape index (κ2) is 9.66. The zero-order valence-electron chi connectivity index (χ0n) is 18.9. The van der Waals surface area contributed by atoms with Gasteiger partial charge in [0.2, 0.25) is 0 Å². The second-order valence-corrected chi connectivity index (χ2v) is 9.15. The number of aromatic nitrogens is 1. The fourth-order valence-corrected chi connectivity index (χ4v) is 4.42. The monoisotopic (exact) mass is 478 g/mol. The average molecular weight is 479 g/mol. The van der Waals surface area contributed by atoms with Gasteiger partial charge in [0, 0.05) is 61.2 Å². The summed E-state index contributed by atoms with van der Waals surface area (Å²) < 4.78 is 29.1. The Kier molecular flexibility index (Phi) is 6.46. The lowest BCUT2D eigenvalue weighted by Gasteiger charge is -2.32. The fraction of sp³-hybridized carbons (Fsp3) is 0.222. The summed E-state index contributed by atoms with van der Waals surface area (Å²) in [6, 6.07) is 17.5. The maximum Gasteiger partial charge on any atom is 0.143 e. The van der Waals surface area contributed by atoms with E-state index < -0.39 is 5.82 Å². The molecule has 2 heterocycles. The van der Waals surface area contributed by atoms with Crippen LogP contribution in [0, 0.1) is 11.6 Å². The standard InChI is InChI=1S/C27H25ClF2N4/c1-33-10-12-34(13-11-33)17-18-2-5-21(24(29)14-18)19-3-7-26-22(15-19)27(8-9-31-26)32-20-4-6-23(28)25(30)16-20/h2-9,14-16H,10-13,17H2,1H3,(H,31,32). The Bertz CT molecular complexity index is 1340. The van der Waals surface area contributed by atoms with Crippen molar-refractivity contribution in [3.05, 3.63) is 89.1 Å². The van der Waals surface area contributed by atoms with Crippen molar-refractivity contribution in [2.24, 2.45) is 0 Å². The molecule has 1 fully saturated rings. The van der Waals surface area contributed by atoms with Crippen molar-refractivity contribution in [3.8, 4) is 11.1 Å². The van der Waals surface area contributed by atoms with E-state index in [0.29, 0.717) is 11.3 Å². The highest BCUT2D eigenvalue weighted by atomic mass is 35.5. The maximum absolute atomic E-state index is 15.2. The SMILES string of the molecule is CN1CCN(Cc2ccc(-c3ccc4nccc(Nc5ccc(Cl)c(F)c5)c4c3)c(F)c2)CC1. The van der Waals surface area contributed by atoms with Crippen molar-refractivity contribution in [2.45, 2.75) is 6.54 Å². The van der Waals surface area contributed by atoms with Crippen molar-refractivity contribution >= 4 is 33.9 Å². The molecule has 1 aliphatic heterocycles. The molecule has 1 saturated heterocycles. The van der Waals surface area contributed by atoms with E-state index in [-0.39, 0.29) is 10.8 Å². The summed E-state index contributed by atoms with van der Waals surface area (Å²) in [5, 5.41) is 4.11. The summed E-state index contributed by atoms with van der Waals surface area (Å²) >= 11 is 5.80. The van der Waals surface area contributed by atoms with Crippen LogP contribution in [0.25, 0.3) is 22.0 Å². The zero-order valence-corrected chi connectivity index (χ0v) is 19.6. The van der Waals surface area contributed by atoms with Crippen LogP contribution in [-0.2, 0) is 6.54 Å². The van der Waals surface area contributed by atoms with E-state index in [2.05, 4.69) is 27.1 Å². The molecule has 34 heavy (non-hydrogen) atoms. The molecule has 0 unspecified atom stereocenters. The van der Waals surface area contributed by atoms with Gasteiger partial charge < -0.3 is 10.2 Å². The van der Waals surface area contributed by atoms with Crippen LogP contribution in [0.4, 0.5) is 20.2 Å². The summed E-state index contributed by atoms with van der Waals surface area (Å²) in [4.78, 5) is 9.08.